The average Bonchev–Trinajstić information content (AvgIpc) is 2.30. The van der Waals surface area contributed by atoms with Crippen molar-refractivity contribution in [1.29, 1.82) is 0 Å². The lowest BCUT2D eigenvalue weighted by molar-refractivity contribution is 0.249. The van der Waals surface area contributed by atoms with E-state index in [-0.39, 0.29) is 12.1 Å². The van der Waals surface area contributed by atoms with Gasteiger partial charge in [0.1, 0.15) is 5.84 Å². The number of amides is 2. The zero-order valence-electron chi connectivity index (χ0n) is 7.50. The molecular weight excluding hydrogens is 154 g/mol. The lowest BCUT2D eigenvalue weighted by Crippen LogP contribution is -2.37. The van der Waals surface area contributed by atoms with Crippen molar-refractivity contribution in [3.63, 3.8) is 0 Å². The van der Waals surface area contributed by atoms with E-state index < -0.39 is 0 Å². The van der Waals surface area contributed by atoms with Crippen molar-refractivity contribution in [3.8, 4) is 0 Å². The zero-order chi connectivity index (χ0) is 9.14. The first-order valence-corrected chi connectivity index (χ1v) is 4.28. The standard InChI is InChI=1S/C8H15N3O/c1-3-5(2)4-6-7(9)11-8(12)10-6/h5-6H,3-4H2,1-2H3,(H3,9,10,11,12). The number of hydrogen-bond donors (Lipinski definition) is 2. The predicted molar refractivity (Wildman–Crippen MR) is 48.0 cm³/mol. The minimum atomic E-state index is -0.305. The molecule has 2 atom stereocenters. The molecule has 0 saturated carbocycles. The second kappa shape index (κ2) is 3.56. The van der Waals surface area contributed by atoms with Crippen LogP contribution in [-0.2, 0) is 0 Å². The van der Waals surface area contributed by atoms with Gasteiger partial charge in [0.15, 0.2) is 0 Å². The first kappa shape index (κ1) is 9.03. The van der Waals surface area contributed by atoms with Gasteiger partial charge in [-0.2, -0.15) is 4.99 Å². The third-order valence-electron chi connectivity index (χ3n) is 2.22. The van der Waals surface area contributed by atoms with Gasteiger partial charge >= 0.3 is 6.03 Å². The zero-order valence-corrected chi connectivity index (χ0v) is 7.50. The molecule has 0 bridgehead atoms. The summed E-state index contributed by atoms with van der Waals surface area (Å²) in [6.45, 7) is 4.26. The van der Waals surface area contributed by atoms with Crippen LogP contribution in [0.5, 0.6) is 0 Å². The van der Waals surface area contributed by atoms with Gasteiger partial charge in [0, 0.05) is 0 Å². The number of nitrogens with zero attached hydrogens (tertiary/aromatic N) is 1. The first-order chi connectivity index (χ1) is 5.63. The van der Waals surface area contributed by atoms with E-state index in [2.05, 4.69) is 24.2 Å². The summed E-state index contributed by atoms with van der Waals surface area (Å²) in [5.41, 5.74) is 5.54. The minimum Gasteiger partial charge on any atom is -0.385 e. The Morgan fingerprint density at radius 3 is 2.83 bits per heavy atom. The number of aliphatic imine (C=N–C) groups is 1. The molecule has 4 heteroatoms. The third-order valence-corrected chi connectivity index (χ3v) is 2.22. The Hall–Kier alpha value is -1.06. The Kier molecular flexibility index (Phi) is 2.68. The van der Waals surface area contributed by atoms with Gasteiger partial charge in [-0.05, 0) is 12.3 Å². The third kappa shape index (κ3) is 1.96. The van der Waals surface area contributed by atoms with Gasteiger partial charge in [0.2, 0.25) is 0 Å². The number of carbonyl (C=O) groups excluding carboxylic acids is 1. The molecule has 3 N–H and O–H groups in total. The molecule has 0 aromatic rings. The molecule has 1 heterocycles. The molecule has 4 nitrogen and oxygen atoms in total. The van der Waals surface area contributed by atoms with Crippen molar-refractivity contribution in [2.45, 2.75) is 32.7 Å². The maximum absolute atomic E-state index is 10.8. The largest absolute Gasteiger partial charge is 0.385 e. The summed E-state index contributed by atoms with van der Waals surface area (Å²) in [7, 11) is 0. The SMILES string of the molecule is CCC(C)CC1NC(=O)N=C1N. The lowest BCUT2D eigenvalue weighted by Gasteiger charge is -2.14. The summed E-state index contributed by atoms with van der Waals surface area (Å²) in [6, 6.07) is -0.340. The Bertz CT molecular complexity index is 212. The summed E-state index contributed by atoms with van der Waals surface area (Å²) in [6.07, 6.45) is 1.98. The molecule has 0 aromatic carbocycles. The molecule has 1 rings (SSSR count). The number of carbonyl (C=O) groups is 1. The monoisotopic (exact) mass is 169 g/mol. The van der Waals surface area contributed by atoms with E-state index >= 15 is 0 Å². The molecule has 68 valence electrons. The van der Waals surface area contributed by atoms with E-state index in [0.29, 0.717) is 11.8 Å². The lowest BCUT2D eigenvalue weighted by atomic mass is 9.99. The molecule has 0 aliphatic carbocycles. The molecule has 2 amide bonds. The second-order valence-corrected chi connectivity index (χ2v) is 3.29. The highest BCUT2D eigenvalue weighted by Gasteiger charge is 2.24. The Balaban J connectivity index is 2.45. The molecule has 0 aromatic heterocycles. The van der Waals surface area contributed by atoms with Crippen molar-refractivity contribution in [1.82, 2.24) is 5.32 Å². The van der Waals surface area contributed by atoms with E-state index in [1.807, 2.05) is 0 Å². The van der Waals surface area contributed by atoms with Crippen LogP contribution in [0.15, 0.2) is 4.99 Å². The quantitative estimate of drug-likeness (QED) is 0.658. The van der Waals surface area contributed by atoms with E-state index in [9.17, 15) is 4.79 Å². The number of rotatable bonds is 3. The van der Waals surface area contributed by atoms with Gasteiger partial charge in [0.25, 0.3) is 0 Å². The summed E-state index contributed by atoms with van der Waals surface area (Å²) < 4.78 is 0. The molecule has 2 unspecified atom stereocenters. The van der Waals surface area contributed by atoms with Crippen molar-refractivity contribution >= 4 is 11.9 Å². The van der Waals surface area contributed by atoms with Crippen LogP contribution in [0.25, 0.3) is 0 Å². The molecule has 0 fully saturated rings. The van der Waals surface area contributed by atoms with Crippen LogP contribution >= 0.6 is 0 Å². The van der Waals surface area contributed by atoms with E-state index in [1.54, 1.807) is 0 Å². The van der Waals surface area contributed by atoms with Crippen LogP contribution in [0.2, 0.25) is 0 Å². The fraction of sp³-hybridized carbons (Fsp3) is 0.750. The normalized spacial score (nSPS) is 25.0. The van der Waals surface area contributed by atoms with Gasteiger partial charge in [-0.15, -0.1) is 0 Å². The van der Waals surface area contributed by atoms with Crippen LogP contribution in [0.3, 0.4) is 0 Å². The Morgan fingerprint density at radius 1 is 1.75 bits per heavy atom. The van der Waals surface area contributed by atoms with Gasteiger partial charge in [-0.3, -0.25) is 0 Å². The number of nitrogens with two attached hydrogens (primary N) is 1. The van der Waals surface area contributed by atoms with E-state index in [4.69, 9.17) is 5.73 Å². The number of hydrogen-bond acceptors (Lipinski definition) is 2. The van der Waals surface area contributed by atoms with Gasteiger partial charge in [0.05, 0.1) is 6.04 Å². The number of nitrogens with one attached hydrogen (secondary N) is 1. The van der Waals surface area contributed by atoms with Crippen LogP contribution in [0, 0.1) is 5.92 Å². The van der Waals surface area contributed by atoms with Gasteiger partial charge in [-0.1, -0.05) is 20.3 Å². The molecule has 12 heavy (non-hydrogen) atoms. The van der Waals surface area contributed by atoms with Crippen LogP contribution in [0.1, 0.15) is 26.7 Å². The fourth-order valence-corrected chi connectivity index (χ4v) is 1.20. The smallest absolute Gasteiger partial charge is 0.343 e. The number of amidine groups is 1. The summed E-state index contributed by atoms with van der Waals surface area (Å²) in [5.74, 6) is 1.00. The maximum atomic E-state index is 10.8. The van der Waals surface area contributed by atoms with Crippen molar-refractivity contribution in [2.24, 2.45) is 16.6 Å². The van der Waals surface area contributed by atoms with Crippen molar-refractivity contribution in [2.75, 3.05) is 0 Å². The summed E-state index contributed by atoms with van der Waals surface area (Å²) in [5, 5.41) is 2.70. The van der Waals surface area contributed by atoms with Crippen LogP contribution in [-0.4, -0.2) is 17.9 Å². The highest BCUT2D eigenvalue weighted by atomic mass is 16.2. The van der Waals surface area contributed by atoms with Crippen molar-refractivity contribution < 1.29 is 4.79 Å². The molecule has 1 aliphatic rings. The fourth-order valence-electron chi connectivity index (χ4n) is 1.20. The van der Waals surface area contributed by atoms with E-state index in [1.165, 1.54) is 0 Å². The first-order valence-electron chi connectivity index (χ1n) is 4.28. The molecule has 0 spiro atoms. The summed E-state index contributed by atoms with van der Waals surface area (Å²) in [4.78, 5) is 14.4. The van der Waals surface area contributed by atoms with Gasteiger partial charge < -0.3 is 11.1 Å². The Labute approximate surface area is 72.2 Å². The predicted octanol–water partition coefficient (Wildman–Crippen LogP) is 0.872. The summed E-state index contributed by atoms with van der Waals surface area (Å²) >= 11 is 0. The Morgan fingerprint density at radius 2 is 2.42 bits per heavy atom. The highest BCUT2D eigenvalue weighted by Crippen LogP contribution is 2.12. The highest BCUT2D eigenvalue weighted by molar-refractivity contribution is 6.02. The average molecular weight is 169 g/mol. The molecular formula is C8H15N3O. The topological polar surface area (TPSA) is 67.5 Å². The number of urea groups is 1. The second-order valence-electron chi connectivity index (χ2n) is 3.29. The molecule has 0 radical (unpaired) electrons. The van der Waals surface area contributed by atoms with Crippen LogP contribution in [0.4, 0.5) is 4.79 Å². The maximum Gasteiger partial charge on any atom is 0.343 e. The minimum absolute atomic E-state index is 0.0348. The van der Waals surface area contributed by atoms with Crippen molar-refractivity contribution in [3.05, 3.63) is 0 Å². The molecule has 1 aliphatic heterocycles. The van der Waals surface area contributed by atoms with Gasteiger partial charge in [-0.25, -0.2) is 4.79 Å². The molecule has 0 saturated heterocycles. The van der Waals surface area contributed by atoms with E-state index in [0.717, 1.165) is 12.8 Å². The van der Waals surface area contributed by atoms with Crippen LogP contribution < -0.4 is 11.1 Å².